The SMILES string of the molecule is CC1(C)CC(O)CC(C)(C)N1C(=S)Nc1ccccc1F. The lowest BCUT2D eigenvalue weighted by molar-refractivity contribution is -0.0342. The Morgan fingerprint density at radius 1 is 1.24 bits per heavy atom. The molecule has 0 amide bonds. The summed E-state index contributed by atoms with van der Waals surface area (Å²) in [6, 6.07) is 6.49. The predicted molar refractivity (Wildman–Crippen MR) is 87.9 cm³/mol. The summed E-state index contributed by atoms with van der Waals surface area (Å²) in [4.78, 5) is 2.08. The van der Waals surface area contributed by atoms with E-state index in [1.165, 1.54) is 6.07 Å². The highest BCUT2D eigenvalue weighted by Crippen LogP contribution is 2.39. The summed E-state index contributed by atoms with van der Waals surface area (Å²) < 4.78 is 13.8. The van der Waals surface area contributed by atoms with Crippen LogP contribution in [0.3, 0.4) is 0 Å². The Morgan fingerprint density at radius 3 is 2.29 bits per heavy atom. The lowest BCUT2D eigenvalue weighted by atomic mass is 9.78. The van der Waals surface area contributed by atoms with Crippen LogP contribution in [-0.4, -0.2) is 32.3 Å². The molecule has 1 heterocycles. The van der Waals surface area contributed by atoms with Crippen LogP contribution in [0.25, 0.3) is 0 Å². The molecule has 1 aliphatic heterocycles. The van der Waals surface area contributed by atoms with Crippen LogP contribution in [-0.2, 0) is 0 Å². The Kier molecular flexibility index (Phi) is 4.26. The summed E-state index contributed by atoms with van der Waals surface area (Å²) in [5.41, 5.74) is -0.215. The van der Waals surface area contributed by atoms with Crippen molar-refractivity contribution in [2.75, 3.05) is 5.32 Å². The molecule has 1 aromatic rings. The van der Waals surface area contributed by atoms with Crippen molar-refractivity contribution < 1.29 is 9.50 Å². The number of aliphatic hydroxyl groups excluding tert-OH is 1. The van der Waals surface area contributed by atoms with Gasteiger partial charge in [0.25, 0.3) is 0 Å². The fourth-order valence-electron chi connectivity index (χ4n) is 3.51. The molecule has 0 aromatic heterocycles. The summed E-state index contributed by atoms with van der Waals surface area (Å²) in [5.74, 6) is -0.326. The van der Waals surface area contributed by atoms with Gasteiger partial charge in [0.15, 0.2) is 5.11 Å². The van der Waals surface area contributed by atoms with Crippen molar-refractivity contribution >= 4 is 23.0 Å². The second-order valence-electron chi connectivity index (χ2n) is 6.93. The van der Waals surface area contributed by atoms with E-state index in [0.29, 0.717) is 23.6 Å². The number of hydrogen-bond donors (Lipinski definition) is 2. The van der Waals surface area contributed by atoms with E-state index in [4.69, 9.17) is 12.2 Å². The first-order valence-corrected chi connectivity index (χ1v) is 7.58. The van der Waals surface area contributed by atoms with Crippen molar-refractivity contribution in [1.29, 1.82) is 0 Å². The molecule has 1 aliphatic rings. The quantitative estimate of drug-likeness (QED) is 0.778. The van der Waals surface area contributed by atoms with Gasteiger partial charge in [0.2, 0.25) is 0 Å². The average Bonchev–Trinajstić information content (AvgIpc) is 2.27. The zero-order valence-electron chi connectivity index (χ0n) is 13.0. The maximum atomic E-state index is 13.8. The van der Waals surface area contributed by atoms with E-state index in [1.807, 2.05) is 27.7 Å². The third-order valence-electron chi connectivity index (χ3n) is 4.00. The molecule has 2 N–H and O–H groups in total. The smallest absolute Gasteiger partial charge is 0.174 e. The van der Waals surface area contributed by atoms with Crippen LogP contribution in [0.15, 0.2) is 24.3 Å². The minimum Gasteiger partial charge on any atom is -0.393 e. The van der Waals surface area contributed by atoms with Gasteiger partial charge >= 0.3 is 0 Å². The standard InChI is InChI=1S/C16H23FN2OS/c1-15(2)9-11(20)10-16(3,4)19(15)14(21)18-13-8-6-5-7-12(13)17/h5-8,11,20H,9-10H2,1-4H3,(H,18,21). The van der Waals surface area contributed by atoms with Crippen LogP contribution in [0, 0.1) is 5.82 Å². The van der Waals surface area contributed by atoms with Crippen molar-refractivity contribution in [3.63, 3.8) is 0 Å². The van der Waals surface area contributed by atoms with Gasteiger partial charge in [0.05, 0.1) is 11.8 Å². The van der Waals surface area contributed by atoms with Crippen molar-refractivity contribution in [3.05, 3.63) is 30.1 Å². The van der Waals surface area contributed by atoms with E-state index in [2.05, 4.69) is 10.2 Å². The number of anilines is 1. The Bertz CT molecular complexity index is 527. The highest BCUT2D eigenvalue weighted by atomic mass is 32.1. The number of para-hydroxylation sites is 1. The Labute approximate surface area is 131 Å². The molecule has 1 saturated heterocycles. The summed E-state index contributed by atoms with van der Waals surface area (Å²) >= 11 is 5.52. The minimum absolute atomic E-state index is 0.295. The van der Waals surface area contributed by atoms with Gasteiger partial charge in [-0.05, 0) is 64.9 Å². The van der Waals surface area contributed by atoms with Crippen molar-refractivity contribution in [1.82, 2.24) is 4.90 Å². The first-order chi connectivity index (χ1) is 9.63. The van der Waals surface area contributed by atoms with Crippen molar-refractivity contribution in [2.45, 2.75) is 57.7 Å². The normalized spacial score (nSPS) is 21.1. The zero-order valence-corrected chi connectivity index (χ0v) is 13.8. The van der Waals surface area contributed by atoms with Crippen LogP contribution in [0.2, 0.25) is 0 Å². The van der Waals surface area contributed by atoms with Crippen LogP contribution < -0.4 is 5.32 Å². The summed E-state index contributed by atoms with van der Waals surface area (Å²) in [7, 11) is 0. The van der Waals surface area contributed by atoms with Crippen molar-refractivity contribution in [3.8, 4) is 0 Å². The second kappa shape index (κ2) is 5.54. The molecule has 116 valence electrons. The molecule has 0 spiro atoms. The number of halogens is 1. The van der Waals surface area contributed by atoms with Crippen molar-refractivity contribution in [2.24, 2.45) is 0 Å². The van der Waals surface area contributed by atoms with Gasteiger partial charge < -0.3 is 15.3 Å². The highest BCUT2D eigenvalue weighted by Gasteiger charge is 2.46. The Morgan fingerprint density at radius 2 is 1.76 bits per heavy atom. The zero-order chi connectivity index (χ0) is 15.8. The number of thiocarbonyl (C=S) groups is 1. The topological polar surface area (TPSA) is 35.5 Å². The molecule has 0 radical (unpaired) electrons. The number of rotatable bonds is 1. The first-order valence-electron chi connectivity index (χ1n) is 7.17. The van der Waals surface area contributed by atoms with E-state index in [-0.39, 0.29) is 23.0 Å². The number of nitrogens with one attached hydrogen (secondary N) is 1. The monoisotopic (exact) mass is 310 g/mol. The number of hydrogen-bond acceptors (Lipinski definition) is 2. The van der Waals surface area contributed by atoms with Gasteiger partial charge in [0.1, 0.15) is 5.82 Å². The second-order valence-corrected chi connectivity index (χ2v) is 7.32. The van der Waals surface area contributed by atoms with Gasteiger partial charge in [-0.25, -0.2) is 4.39 Å². The van der Waals surface area contributed by atoms with Gasteiger partial charge in [-0.1, -0.05) is 12.1 Å². The third kappa shape index (κ3) is 3.35. The predicted octanol–water partition coefficient (Wildman–Crippen LogP) is 3.54. The van der Waals surface area contributed by atoms with Gasteiger partial charge in [-0.2, -0.15) is 0 Å². The van der Waals surface area contributed by atoms with E-state index in [0.717, 1.165) is 0 Å². The number of aliphatic hydroxyl groups is 1. The van der Waals surface area contributed by atoms with Gasteiger partial charge in [-0.3, -0.25) is 0 Å². The number of benzene rings is 1. The largest absolute Gasteiger partial charge is 0.393 e. The Balaban J connectivity index is 2.26. The highest BCUT2D eigenvalue weighted by molar-refractivity contribution is 7.80. The third-order valence-corrected chi connectivity index (χ3v) is 4.28. The maximum absolute atomic E-state index is 13.8. The molecule has 0 atom stereocenters. The molecule has 5 heteroatoms. The maximum Gasteiger partial charge on any atom is 0.174 e. The van der Waals surface area contributed by atoms with Gasteiger partial charge in [-0.15, -0.1) is 0 Å². The molecule has 0 bridgehead atoms. The minimum atomic E-state index is -0.345. The molecular weight excluding hydrogens is 287 g/mol. The fourth-order valence-corrected chi connectivity index (χ4v) is 4.12. The van der Waals surface area contributed by atoms with E-state index >= 15 is 0 Å². The Hall–Kier alpha value is -1.20. The number of piperidine rings is 1. The summed E-state index contributed by atoms with van der Waals surface area (Å²) in [6.07, 6.45) is 0.924. The molecule has 0 unspecified atom stereocenters. The average molecular weight is 310 g/mol. The number of likely N-dealkylation sites (tertiary alicyclic amines) is 1. The molecule has 0 aliphatic carbocycles. The summed E-state index contributed by atoms with van der Waals surface area (Å²) in [6.45, 7) is 8.19. The lowest BCUT2D eigenvalue weighted by Gasteiger charge is -2.55. The van der Waals surface area contributed by atoms with Crippen LogP contribution in [0.4, 0.5) is 10.1 Å². The molecule has 2 rings (SSSR count). The molecule has 1 aromatic carbocycles. The van der Waals surface area contributed by atoms with Crippen LogP contribution in [0.5, 0.6) is 0 Å². The molecule has 1 fully saturated rings. The van der Waals surface area contributed by atoms with E-state index in [9.17, 15) is 9.50 Å². The number of nitrogens with zero attached hydrogens (tertiary/aromatic N) is 1. The lowest BCUT2D eigenvalue weighted by Crippen LogP contribution is -2.64. The molecule has 3 nitrogen and oxygen atoms in total. The van der Waals surface area contributed by atoms with E-state index < -0.39 is 0 Å². The molecule has 0 saturated carbocycles. The van der Waals surface area contributed by atoms with Gasteiger partial charge in [0, 0.05) is 11.1 Å². The van der Waals surface area contributed by atoms with Crippen LogP contribution >= 0.6 is 12.2 Å². The first kappa shape index (κ1) is 16.2. The molecular formula is C16H23FN2OS. The van der Waals surface area contributed by atoms with E-state index in [1.54, 1.807) is 18.2 Å². The fraction of sp³-hybridized carbons (Fsp3) is 0.562. The van der Waals surface area contributed by atoms with Crippen LogP contribution in [0.1, 0.15) is 40.5 Å². The molecule has 21 heavy (non-hydrogen) atoms. The summed E-state index contributed by atoms with van der Waals surface area (Å²) in [5, 5.41) is 13.6.